The quantitative estimate of drug-likeness (QED) is 0.734. The Bertz CT molecular complexity index is 208. The van der Waals surface area contributed by atoms with E-state index in [0.717, 1.165) is 5.75 Å². The number of hydrogen-bond donors (Lipinski definition) is 1. The van der Waals surface area contributed by atoms with Crippen LogP contribution in [0.3, 0.4) is 0 Å². The molecule has 2 rings (SSSR count). The maximum absolute atomic E-state index is 11.8. The number of rotatable bonds is 3. The van der Waals surface area contributed by atoms with Crippen molar-refractivity contribution in [3.63, 3.8) is 0 Å². The smallest absolute Gasteiger partial charge is 0.270 e. The normalized spacial score (nSPS) is 24.3. The highest BCUT2D eigenvalue weighted by atomic mass is 32.2. The molecule has 0 spiro atoms. The van der Waals surface area contributed by atoms with Crippen LogP contribution in [0, 0.1) is 0 Å². The summed E-state index contributed by atoms with van der Waals surface area (Å²) in [5.74, 6) is 3.75. The molecular formula is C12H22NOS+. The molecule has 15 heavy (non-hydrogen) atoms. The van der Waals surface area contributed by atoms with E-state index in [1.807, 2.05) is 0 Å². The van der Waals surface area contributed by atoms with E-state index in [1.54, 1.807) is 0 Å². The van der Waals surface area contributed by atoms with Crippen molar-refractivity contribution in [2.45, 2.75) is 51.0 Å². The minimum Gasteiger partial charge on any atom is -0.349 e. The summed E-state index contributed by atoms with van der Waals surface area (Å²) >= 11 is 0. The van der Waals surface area contributed by atoms with Crippen molar-refractivity contribution in [2.24, 2.45) is 0 Å². The van der Waals surface area contributed by atoms with Gasteiger partial charge in [-0.15, -0.1) is 0 Å². The summed E-state index contributed by atoms with van der Waals surface area (Å²) in [6, 6.07) is 0.498. The predicted octanol–water partition coefficient (Wildman–Crippen LogP) is 1.85. The highest BCUT2D eigenvalue weighted by Gasteiger charge is 2.28. The fraction of sp³-hybridized carbons (Fsp3) is 0.917. The van der Waals surface area contributed by atoms with Gasteiger partial charge in [-0.25, -0.2) is 0 Å². The number of hydrogen-bond acceptors (Lipinski definition) is 1. The first-order valence-electron chi connectivity index (χ1n) is 6.28. The van der Waals surface area contributed by atoms with E-state index >= 15 is 0 Å². The molecule has 1 amide bonds. The van der Waals surface area contributed by atoms with E-state index in [4.69, 9.17) is 0 Å². The third-order valence-electron chi connectivity index (χ3n) is 3.42. The van der Waals surface area contributed by atoms with Gasteiger partial charge in [0.25, 0.3) is 5.91 Å². The van der Waals surface area contributed by atoms with Crippen molar-refractivity contribution in [3.8, 4) is 0 Å². The Hall–Kier alpha value is -0.180. The van der Waals surface area contributed by atoms with E-state index in [-0.39, 0.29) is 0 Å². The fourth-order valence-electron chi connectivity index (χ4n) is 2.56. The Morgan fingerprint density at radius 1 is 1.07 bits per heavy atom. The Morgan fingerprint density at radius 3 is 2.40 bits per heavy atom. The lowest BCUT2D eigenvalue weighted by Gasteiger charge is -2.22. The second-order valence-corrected chi connectivity index (χ2v) is 7.10. The predicted molar refractivity (Wildman–Crippen MR) is 66.2 cm³/mol. The van der Waals surface area contributed by atoms with Gasteiger partial charge in [0.15, 0.2) is 5.75 Å². The average molecular weight is 228 g/mol. The summed E-state index contributed by atoms with van der Waals surface area (Å²) in [7, 11) is 0.426. The molecule has 0 radical (unpaired) electrons. The van der Waals surface area contributed by atoms with Crippen LogP contribution in [0.25, 0.3) is 0 Å². The lowest BCUT2D eigenvalue weighted by atomic mass is 9.95. The molecule has 3 heteroatoms. The topological polar surface area (TPSA) is 29.1 Å². The zero-order valence-electron chi connectivity index (χ0n) is 9.46. The van der Waals surface area contributed by atoms with Gasteiger partial charge in [-0.3, -0.25) is 4.79 Å². The van der Waals surface area contributed by atoms with Crippen LogP contribution in [0.4, 0.5) is 0 Å². The van der Waals surface area contributed by atoms with E-state index in [1.165, 1.54) is 56.5 Å². The molecule has 0 atom stereocenters. The summed E-state index contributed by atoms with van der Waals surface area (Å²) < 4.78 is 0. The van der Waals surface area contributed by atoms with Crippen LogP contribution in [-0.4, -0.2) is 29.2 Å². The first kappa shape index (κ1) is 11.3. The average Bonchev–Trinajstić information content (AvgIpc) is 2.71. The van der Waals surface area contributed by atoms with Gasteiger partial charge in [0.1, 0.15) is 11.5 Å². The Kier molecular flexibility index (Phi) is 4.36. The lowest BCUT2D eigenvalue weighted by molar-refractivity contribution is -0.119. The molecule has 1 saturated carbocycles. The Labute approximate surface area is 95.5 Å². The maximum atomic E-state index is 11.8. The van der Waals surface area contributed by atoms with Crippen LogP contribution in [0.15, 0.2) is 0 Å². The first-order chi connectivity index (χ1) is 7.34. The van der Waals surface area contributed by atoms with Crippen molar-refractivity contribution in [2.75, 3.05) is 17.3 Å². The van der Waals surface area contributed by atoms with Gasteiger partial charge >= 0.3 is 0 Å². The van der Waals surface area contributed by atoms with Crippen LogP contribution < -0.4 is 5.32 Å². The molecular weight excluding hydrogens is 206 g/mol. The minimum atomic E-state index is 0.326. The number of nitrogens with one attached hydrogen (secondary N) is 1. The zero-order valence-corrected chi connectivity index (χ0v) is 10.3. The van der Waals surface area contributed by atoms with Crippen LogP contribution in [-0.2, 0) is 15.7 Å². The van der Waals surface area contributed by atoms with Gasteiger partial charge in [0.05, 0.1) is 0 Å². The lowest BCUT2D eigenvalue weighted by Crippen LogP contribution is -2.39. The highest BCUT2D eigenvalue weighted by Crippen LogP contribution is 2.18. The Balaban J connectivity index is 1.66. The standard InChI is InChI=1S/C12H21NOS/c14-12(10-15-8-4-5-9-15)13-11-6-2-1-3-7-11/h11H,1-10H2/p+1. The van der Waals surface area contributed by atoms with Crippen molar-refractivity contribution < 1.29 is 4.79 Å². The van der Waals surface area contributed by atoms with E-state index in [0.29, 0.717) is 22.8 Å². The molecule has 2 aliphatic rings. The van der Waals surface area contributed by atoms with Crippen LogP contribution in [0.1, 0.15) is 44.9 Å². The van der Waals surface area contributed by atoms with Crippen LogP contribution in [0.2, 0.25) is 0 Å². The molecule has 2 fully saturated rings. The van der Waals surface area contributed by atoms with Crippen molar-refractivity contribution in [1.29, 1.82) is 0 Å². The summed E-state index contributed by atoms with van der Waals surface area (Å²) in [5.41, 5.74) is 0. The van der Waals surface area contributed by atoms with E-state index < -0.39 is 0 Å². The zero-order chi connectivity index (χ0) is 10.5. The van der Waals surface area contributed by atoms with Gasteiger partial charge in [0, 0.05) is 6.04 Å². The molecule has 1 N–H and O–H groups in total. The number of carbonyl (C=O) groups excluding carboxylic acids is 1. The van der Waals surface area contributed by atoms with E-state index in [9.17, 15) is 4.79 Å². The third-order valence-corrected chi connectivity index (χ3v) is 5.82. The SMILES string of the molecule is O=C(C[S+]1CCCC1)NC1CCCCC1. The Morgan fingerprint density at radius 2 is 1.73 bits per heavy atom. The van der Waals surface area contributed by atoms with E-state index in [2.05, 4.69) is 5.32 Å². The molecule has 0 bridgehead atoms. The second-order valence-electron chi connectivity index (χ2n) is 4.77. The molecule has 1 heterocycles. The molecule has 2 nitrogen and oxygen atoms in total. The summed E-state index contributed by atoms with van der Waals surface area (Å²) in [6.45, 7) is 0. The molecule has 1 aliphatic heterocycles. The van der Waals surface area contributed by atoms with Crippen LogP contribution in [0.5, 0.6) is 0 Å². The van der Waals surface area contributed by atoms with Crippen LogP contribution >= 0.6 is 0 Å². The molecule has 1 saturated heterocycles. The first-order valence-corrected chi connectivity index (χ1v) is 8.01. The molecule has 1 aliphatic carbocycles. The summed E-state index contributed by atoms with van der Waals surface area (Å²) in [6.07, 6.45) is 9.07. The molecule has 86 valence electrons. The number of carbonyl (C=O) groups is 1. The molecule has 0 aromatic heterocycles. The minimum absolute atomic E-state index is 0.326. The third kappa shape index (κ3) is 3.71. The highest BCUT2D eigenvalue weighted by molar-refractivity contribution is 7.97. The maximum Gasteiger partial charge on any atom is 0.270 e. The molecule has 0 aromatic rings. The number of amides is 1. The fourth-order valence-corrected chi connectivity index (χ4v) is 4.73. The van der Waals surface area contributed by atoms with Crippen molar-refractivity contribution in [3.05, 3.63) is 0 Å². The van der Waals surface area contributed by atoms with Gasteiger partial charge in [0.2, 0.25) is 0 Å². The van der Waals surface area contributed by atoms with Crippen molar-refractivity contribution >= 4 is 16.8 Å². The van der Waals surface area contributed by atoms with Crippen molar-refractivity contribution in [1.82, 2.24) is 5.32 Å². The molecule has 0 unspecified atom stereocenters. The van der Waals surface area contributed by atoms with Gasteiger partial charge in [-0.2, -0.15) is 0 Å². The van der Waals surface area contributed by atoms with Gasteiger partial charge in [-0.05, 0) is 36.6 Å². The molecule has 0 aromatic carbocycles. The monoisotopic (exact) mass is 228 g/mol. The summed E-state index contributed by atoms with van der Waals surface area (Å²) in [5, 5.41) is 3.21. The van der Waals surface area contributed by atoms with Gasteiger partial charge < -0.3 is 5.32 Å². The summed E-state index contributed by atoms with van der Waals surface area (Å²) in [4.78, 5) is 11.8. The second kappa shape index (κ2) is 5.78. The van der Waals surface area contributed by atoms with Gasteiger partial charge in [-0.1, -0.05) is 19.3 Å². The largest absolute Gasteiger partial charge is 0.349 e.